The standard InChI is InChI=1S/C22H19N3O5/c1-13-6-8-14(9-7-13)19-12-16(15-4-2-3-5-17(15)23-19)21(28)25-24-18(22(29)30)10-11-20(26)27/h2-9,12H,10-11H2,1H3,(H,25,28)(H,26,27)(H,29,30). The molecule has 0 radical (unpaired) electrons. The molecule has 1 heterocycles. The number of hydrogen-bond donors (Lipinski definition) is 3. The van der Waals surface area contributed by atoms with Gasteiger partial charge in [0.25, 0.3) is 5.91 Å². The number of fused-ring (bicyclic) bond motifs is 1. The molecule has 0 saturated heterocycles. The molecule has 0 spiro atoms. The van der Waals surface area contributed by atoms with E-state index in [4.69, 9.17) is 5.11 Å². The van der Waals surface area contributed by atoms with Gasteiger partial charge in [0.2, 0.25) is 0 Å². The molecule has 8 nitrogen and oxygen atoms in total. The van der Waals surface area contributed by atoms with Crippen LogP contribution in [0.5, 0.6) is 0 Å². The van der Waals surface area contributed by atoms with Crippen molar-refractivity contribution in [2.24, 2.45) is 5.10 Å². The van der Waals surface area contributed by atoms with E-state index in [2.05, 4.69) is 15.5 Å². The molecule has 0 aliphatic rings. The molecule has 152 valence electrons. The lowest BCUT2D eigenvalue weighted by Crippen LogP contribution is -2.24. The summed E-state index contributed by atoms with van der Waals surface area (Å²) in [6.45, 7) is 1.97. The quantitative estimate of drug-likeness (QED) is 0.409. The largest absolute Gasteiger partial charge is 0.481 e. The third-order valence-corrected chi connectivity index (χ3v) is 4.42. The Morgan fingerprint density at radius 3 is 2.37 bits per heavy atom. The Morgan fingerprint density at radius 2 is 1.70 bits per heavy atom. The van der Waals surface area contributed by atoms with Gasteiger partial charge in [0.15, 0.2) is 0 Å². The summed E-state index contributed by atoms with van der Waals surface area (Å²) in [5.74, 6) is -3.16. The Morgan fingerprint density at radius 1 is 1.00 bits per heavy atom. The molecule has 8 heteroatoms. The molecule has 1 amide bonds. The molecule has 0 unspecified atom stereocenters. The van der Waals surface area contributed by atoms with E-state index in [0.717, 1.165) is 11.1 Å². The fourth-order valence-electron chi connectivity index (χ4n) is 2.85. The predicted molar refractivity (Wildman–Crippen MR) is 111 cm³/mol. The number of hydrogen-bond acceptors (Lipinski definition) is 5. The number of nitrogens with zero attached hydrogens (tertiary/aromatic N) is 2. The highest BCUT2D eigenvalue weighted by Crippen LogP contribution is 2.25. The Bertz CT molecular complexity index is 1150. The predicted octanol–water partition coefficient (Wildman–Crippen LogP) is 3.25. The minimum Gasteiger partial charge on any atom is -0.481 e. The number of aliphatic carboxylic acids is 2. The minimum absolute atomic E-state index is 0.280. The zero-order valence-corrected chi connectivity index (χ0v) is 16.1. The van der Waals surface area contributed by atoms with Crippen molar-refractivity contribution in [3.63, 3.8) is 0 Å². The highest BCUT2D eigenvalue weighted by atomic mass is 16.4. The minimum atomic E-state index is -1.39. The van der Waals surface area contributed by atoms with E-state index in [1.165, 1.54) is 0 Å². The van der Waals surface area contributed by atoms with Crippen molar-refractivity contribution in [2.75, 3.05) is 0 Å². The van der Waals surface area contributed by atoms with E-state index in [1.807, 2.05) is 37.3 Å². The monoisotopic (exact) mass is 405 g/mol. The van der Waals surface area contributed by atoms with Gasteiger partial charge in [0.05, 0.1) is 23.2 Å². The van der Waals surface area contributed by atoms with Crippen molar-refractivity contribution >= 4 is 34.5 Å². The smallest absolute Gasteiger partial charge is 0.352 e. The van der Waals surface area contributed by atoms with Crippen LogP contribution in [0.2, 0.25) is 0 Å². The summed E-state index contributed by atoms with van der Waals surface area (Å²) < 4.78 is 0. The maximum Gasteiger partial charge on any atom is 0.352 e. The number of carbonyl (C=O) groups excluding carboxylic acids is 1. The summed E-state index contributed by atoms with van der Waals surface area (Å²) in [6, 6.07) is 16.4. The van der Waals surface area contributed by atoms with Gasteiger partial charge in [0.1, 0.15) is 5.71 Å². The van der Waals surface area contributed by atoms with Gasteiger partial charge in [-0.25, -0.2) is 15.2 Å². The van der Waals surface area contributed by atoms with Gasteiger partial charge in [-0.2, -0.15) is 5.10 Å². The van der Waals surface area contributed by atoms with E-state index in [9.17, 15) is 19.5 Å². The average molecular weight is 405 g/mol. The molecular formula is C22H19N3O5. The average Bonchev–Trinajstić information content (AvgIpc) is 2.72. The second kappa shape index (κ2) is 8.95. The zero-order valence-electron chi connectivity index (χ0n) is 16.1. The van der Waals surface area contributed by atoms with Crippen LogP contribution in [-0.2, 0) is 9.59 Å². The van der Waals surface area contributed by atoms with Gasteiger partial charge in [-0.3, -0.25) is 9.59 Å². The van der Waals surface area contributed by atoms with Gasteiger partial charge < -0.3 is 10.2 Å². The number of carbonyl (C=O) groups is 3. The van der Waals surface area contributed by atoms with Crippen LogP contribution < -0.4 is 5.43 Å². The van der Waals surface area contributed by atoms with Gasteiger partial charge >= 0.3 is 11.9 Å². The summed E-state index contributed by atoms with van der Waals surface area (Å²) in [5, 5.41) is 22.1. The van der Waals surface area contributed by atoms with Crippen molar-refractivity contribution in [1.82, 2.24) is 10.4 Å². The number of aryl methyl sites for hydroxylation is 1. The molecule has 0 aliphatic carbocycles. The van der Waals surface area contributed by atoms with E-state index >= 15 is 0 Å². The highest BCUT2D eigenvalue weighted by molar-refractivity contribution is 6.36. The SMILES string of the molecule is Cc1ccc(-c2cc(C(=O)NN=C(CCC(=O)O)C(=O)O)c3ccccc3n2)cc1. The number of aromatic nitrogens is 1. The highest BCUT2D eigenvalue weighted by Gasteiger charge is 2.16. The molecule has 3 rings (SSSR count). The van der Waals surface area contributed by atoms with E-state index in [0.29, 0.717) is 16.6 Å². The first-order valence-corrected chi connectivity index (χ1v) is 9.14. The van der Waals surface area contributed by atoms with Crippen LogP contribution in [0.25, 0.3) is 22.2 Å². The summed E-state index contributed by atoms with van der Waals surface area (Å²) >= 11 is 0. The molecule has 0 saturated carbocycles. The first-order chi connectivity index (χ1) is 14.3. The molecule has 2 aromatic carbocycles. The molecule has 3 aromatic rings. The Kier molecular flexibility index (Phi) is 6.17. The maximum absolute atomic E-state index is 12.8. The number of hydrazone groups is 1. The van der Waals surface area contributed by atoms with Crippen LogP contribution in [-0.4, -0.2) is 38.8 Å². The number of rotatable bonds is 7. The number of carboxylic acid groups (broad SMARTS) is 2. The third kappa shape index (κ3) is 4.85. The normalized spacial score (nSPS) is 11.3. The first-order valence-electron chi connectivity index (χ1n) is 9.14. The molecule has 1 aromatic heterocycles. The lowest BCUT2D eigenvalue weighted by Gasteiger charge is -2.09. The van der Waals surface area contributed by atoms with Crippen molar-refractivity contribution in [3.05, 3.63) is 65.7 Å². The van der Waals surface area contributed by atoms with Gasteiger partial charge in [-0.15, -0.1) is 0 Å². The molecule has 0 aliphatic heterocycles. The fraction of sp³-hybridized carbons (Fsp3) is 0.136. The lowest BCUT2D eigenvalue weighted by atomic mass is 10.0. The summed E-state index contributed by atoms with van der Waals surface area (Å²) in [6.07, 6.45) is -0.715. The van der Waals surface area contributed by atoms with Crippen molar-refractivity contribution < 1.29 is 24.6 Å². The fourth-order valence-corrected chi connectivity index (χ4v) is 2.85. The van der Waals surface area contributed by atoms with Crippen LogP contribution in [0.15, 0.2) is 59.7 Å². The van der Waals surface area contributed by atoms with Crippen molar-refractivity contribution in [1.29, 1.82) is 0 Å². The summed E-state index contributed by atoms with van der Waals surface area (Å²) in [5.41, 5.74) is 5.19. The molecule has 0 atom stereocenters. The van der Waals surface area contributed by atoms with Crippen LogP contribution >= 0.6 is 0 Å². The number of para-hydroxylation sites is 1. The summed E-state index contributed by atoms with van der Waals surface area (Å²) in [7, 11) is 0. The lowest BCUT2D eigenvalue weighted by molar-refractivity contribution is -0.136. The van der Waals surface area contributed by atoms with Gasteiger partial charge in [0, 0.05) is 17.4 Å². The van der Waals surface area contributed by atoms with Crippen molar-refractivity contribution in [2.45, 2.75) is 19.8 Å². The maximum atomic E-state index is 12.8. The van der Waals surface area contributed by atoms with E-state index < -0.39 is 30.0 Å². The first kappa shape index (κ1) is 20.7. The zero-order chi connectivity index (χ0) is 21.7. The number of amides is 1. The van der Waals surface area contributed by atoms with Crippen molar-refractivity contribution in [3.8, 4) is 11.3 Å². The second-order valence-electron chi connectivity index (χ2n) is 6.64. The Balaban J connectivity index is 1.98. The molecule has 0 bridgehead atoms. The van der Waals surface area contributed by atoms with Gasteiger partial charge in [-0.05, 0) is 19.1 Å². The van der Waals surface area contributed by atoms with Crippen LogP contribution in [0.4, 0.5) is 0 Å². The van der Waals surface area contributed by atoms with Crippen LogP contribution in [0.3, 0.4) is 0 Å². The Labute approximate surface area is 171 Å². The van der Waals surface area contributed by atoms with E-state index in [1.54, 1.807) is 24.3 Å². The number of nitrogens with one attached hydrogen (secondary N) is 1. The number of benzene rings is 2. The Hall–Kier alpha value is -4.07. The summed E-state index contributed by atoms with van der Waals surface area (Å²) in [4.78, 5) is 39.4. The molecule has 0 fully saturated rings. The molecular weight excluding hydrogens is 386 g/mol. The second-order valence-corrected chi connectivity index (χ2v) is 6.64. The topological polar surface area (TPSA) is 129 Å². The third-order valence-electron chi connectivity index (χ3n) is 4.42. The van der Waals surface area contributed by atoms with E-state index in [-0.39, 0.29) is 12.0 Å². The molecule has 3 N–H and O–H groups in total. The van der Waals surface area contributed by atoms with Crippen LogP contribution in [0.1, 0.15) is 28.8 Å². The number of pyridine rings is 1. The number of carboxylic acids is 2. The van der Waals surface area contributed by atoms with Gasteiger partial charge in [-0.1, -0.05) is 48.0 Å². The molecule has 30 heavy (non-hydrogen) atoms. The van der Waals surface area contributed by atoms with Crippen LogP contribution in [0, 0.1) is 6.92 Å².